The Balaban J connectivity index is 1.59. The molecule has 120 valence electrons. The minimum atomic E-state index is -3.31. The fourth-order valence-corrected chi connectivity index (χ4v) is 3.68. The maximum absolute atomic E-state index is 12.1. The lowest BCUT2D eigenvalue weighted by atomic mass is 10.1. The van der Waals surface area contributed by atoms with E-state index in [0.29, 0.717) is 13.0 Å². The van der Waals surface area contributed by atoms with Crippen molar-refractivity contribution in [2.24, 2.45) is 7.05 Å². The van der Waals surface area contributed by atoms with Crippen LogP contribution in [0.2, 0.25) is 0 Å². The van der Waals surface area contributed by atoms with Gasteiger partial charge in [0.25, 0.3) is 0 Å². The molecule has 1 N–H and O–H groups in total. The first-order valence-corrected chi connectivity index (χ1v) is 9.10. The number of hydrogen-bond donors (Lipinski definition) is 1. The molecule has 0 aliphatic rings. The van der Waals surface area contributed by atoms with Gasteiger partial charge in [-0.3, -0.25) is 0 Å². The summed E-state index contributed by atoms with van der Waals surface area (Å²) in [5.41, 5.74) is 3.85. The van der Waals surface area contributed by atoms with Gasteiger partial charge in [0.1, 0.15) is 0 Å². The molecule has 5 nitrogen and oxygen atoms in total. The van der Waals surface area contributed by atoms with Crippen molar-refractivity contribution in [2.45, 2.75) is 12.2 Å². The Morgan fingerprint density at radius 1 is 1.09 bits per heavy atom. The number of imidazole rings is 1. The van der Waals surface area contributed by atoms with Crippen LogP contribution in [0.5, 0.6) is 0 Å². The third-order valence-electron chi connectivity index (χ3n) is 3.73. The summed E-state index contributed by atoms with van der Waals surface area (Å²) in [6.45, 7) is 0.382. The average Bonchev–Trinajstić information content (AvgIpc) is 2.88. The van der Waals surface area contributed by atoms with Gasteiger partial charge >= 0.3 is 0 Å². The van der Waals surface area contributed by atoms with E-state index in [4.69, 9.17) is 0 Å². The van der Waals surface area contributed by atoms with Gasteiger partial charge in [0.15, 0.2) is 0 Å². The maximum Gasteiger partial charge on any atom is 0.215 e. The monoisotopic (exact) mass is 329 g/mol. The van der Waals surface area contributed by atoms with Gasteiger partial charge in [-0.05, 0) is 29.7 Å². The van der Waals surface area contributed by atoms with Crippen molar-refractivity contribution >= 4 is 21.1 Å². The Morgan fingerprint density at radius 2 is 1.87 bits per heavy atom. The molecule has 3 rings (SSSR count). The van der Waals surface area contributed by atoms with Crippen LogP contribution in [0.4, 0.5) is 0 Å². The summed E-state index contributed by atoms with van der Waals surface area (Å²) >= 11 is 0. The molecule has 0 radical (unpaired) electrons. The number of fused-ring (bicyclic) bond motifs is 1. The first-order valence-electron chi connectivity index (χ1n) is 7.45. The molecule has 23 heavy (non-hydrogen) atoms. The van der Waals surface area contributed by atoms with Crippen LogP contribution in [0.25, 0.3) is 11.0 Å². The third kappa shape index (κ3) is 3.97. The van der Waals surface area contributed by atoms with E-state index >= 15 is 0 Å². The molecule has 3 aromatic rings. The summed E-state index contributed by atoms with van der Waals surface area (Å²) in [7, 11) is -1.36. The quantitative estimate of drug-likeness (QED) is 0.754. The topological polar surface area (TPSA) is 64.0 Å². The van der Waals surface area contributed by atoms with E-state index in [1.165, 1.54) is 0 Å². The van der Waals surface area contributed by atoms with Gasteiger partial charge in [0, 0.05) is 13.6 Å². The fourth-order valence-electron chi connectivity index (χ4n) is 2.53. The SMILES string of the molecule is Cn1cnc2cc(CCNS(=O)(=O)Cc3ccccc3)ccc21. The average molecular weight is 329 g/mol. The van der Waals surface area contributed by atoms with Gasteiger partial charge in [0.05, 0.1) is 23.1 Å². The smallest absolute Gasteiger partial charge is 0.215 e. The minimum Gasteiger partial charge on any atom is -0.334 e. The number of nitrogens with zero attached hydrogens (tertiary/aromatic N) is 2. The Morgan fingerprint density at radius 3 is 2.65 bits per heavy atom. The summed E-state index contributed by atoms with van der Waals surface area (Å²) in [6, 6.07) is 15.2. The minimum absolute atomic E-state index is 0.00706. The molecule has 0 unspecified atom stereocenters. The number of benzene rings is 2. The summed E-state index contributed by atoms with van der Waals surface area (Å²) in [4.78, 5) is 4.32. The highest BCUT2D eigenvalue weighted by molar-refractivity contribution is 7.88. The van der Waals surface area contributed by atoms with Crippen molar-refractivity contribution in [1.29, 1.82) is 0 Å². The van der Waals surface area contributed by atoms with Crippen LogP contribution in [0.1, 0.15) is 11.1 Å². The van der Waals surface area contributed by atoms with Crippen LogP contribution in [0.15, 0.2) is 54.9 Å². The van der Waals surface area contributed by atoms with E-state index in [9.17, 15) is 8.42 Å². The third-order valence-corrected chi connectivity index (χ3v) is 5.08. The lowest BCUT2D eigenvalue weighted by molar-refractivity contribution is 0.581. The molecule has 0 bridgehead atoms. The predicted molar refractivity (Wildman–Crippen MR) is 91.5 cm³/mol. The Kier molecular flexibility index (Phi) is 4.45. The van der Waals surface area contributed by atoms with Crippen LogP contribution in [0, 0.1) is 0 Å². The number of aryl methyl sites for hydroxylation is 1. The van der Waals surface area contributed by atoms with E-state index in [-0.39, 0.29) is 5.75 Å². The molecule has 0 amide bonds. The molecule has 1 heterocycles. The van der Waals surface area contributed by atoms with Gasteiger partial charge in [-0.25, -0.2) is 18.1 Å². The summed E-state index contributed by atoms with van der Waals surface area (Å²) in [5.74, 6) is 0.00706. The Labute approximate surface area is 136 Å². The van der Waals surface area contributed by atoms with Crippen molar-refractivity contribution in [3.63, 3.8) is 0 Å². The highest BCUT2D eigenvalue weighted by Crippen LogP contribution is 2.14. The van der Waals surface area contributed by atoms with E-state index in [1.54, 1.807) is 6.33 Å². The van der Waals surface area contributed by atoms with E-state index in [1.807, 2.05) is 60.1 Å². The summed E-state index contributed by atoms with van der Waals surface area (Å²) in [6.07, 6.45) is 2.41. The van der Waals surface area contributed by atoms with E-state index < -0.39 is 10.0 Å². The number of sulfonamides is 1. The number of nitrogens with one attached hydrogen (secondary N) is 1. The van der Waals surface area contributed by atoms with Gasteiger partial charge in [0.2, 0.25) is 10.0 Å². The molecular formula is C17H19N3O2S. The molecule has 0 saturated carbocycles. The van der Waals surface area contributed by atoms with Gasteiger partial charge < -0.3 is 4.57 Å². The zero-order valence-electron chi connectivity index (χ0n) is 12.9. The Hall–Kier alpha value is -2.18. The van der Waals surface area contributed by atoms with Gasteiger partial charge in [-0.1, -0.05) is 36.4 Å². The fraction of sp³-hybridized carbons (Fsp3) is 0.235. The molecule has 6 heteroatoms. The van der Waals surface area contributed by atoms with Crippen LogP contribution >= 0.6 is 0 Å². The van der Waals surface area contributed by atoms with Crippen LogP contribution in [0.3, 0.4) is 0 Å². The zero-order chi connectivity index (χ0) is 16.3. The second kappa shape index (κ2) is 6.52. The van der Waals surface area contributed by atoms with Crippen LogP contribution in [-0.4, -0.2) is 24.5 Å². The summed E-state index contributed by atoms with van der Waals surface area (Å²) in [5, 5.41) is 0. The standard InChI is InChI=1S/C17H19N3O2S/c1-20-13-18-16-11-14(7-8-17(16)20)9-10-19-23(21,22)12-15-5-3-2-4-6-15/h2-8,11,13,19H,9-10,12H2,1H3. The molecule has 2 aromatic carbocycles. The largest absolute Gasteiger partial charge is 0.334 e. The lowest BCUT2D eigenvalue weighted by Crippen LogP contribution is -2.27. The molecule has 0 saturated heterocycles. The molecule has 0 aliphatic carbocycles. The molecular weight excluding hydrogens is 310 g/mol. The normalized spacial score (nSPS) is 11.9. The molecule has 0 fully saturated rings. The zero-order valence-corrected chi connectivity index (χ0v) is 13.8. The van der Waals surface area contributed by atoms with Crippen molar-refractivity contribution < 1.29 is 8.42 Å². The second-order valence-electron chi connectivity index (χ2n) is 5.57. The highest BCUT2D eigenvalue weighted by atomic mass is 32.2. The highest BCUT2D eigenvalue weighted by Gasteiger charge is 2.10. The lowest BCUT2D eigenvalue weighted by Gasteiger charge is -2.07. The summed E-state index contributed by atoms with van der Waals surface area (Å²) < 4.78 is 28.8. The van der Waals surface area contributed by atoms with Crippen molar-refractivity contribution in [1.82, 2.24) is 14.3 Å². The van der Waals surface area contributed by atoms with Crippen molar-refractivity contribution in [3.05, 3.63) is 66.0 Å². The molecule has 1 aromatic heterocycles. The maximum atomic E-state index is 12.1. The van der Waals surface area contributed by atoms with E-state index in [0.717, 1.165) is 22.2 Å². The molecule has 0 aliphatic heterocycles. The number of aromatic nitrogens is 2. The van der Waals surface area contributed by atoms with Gasteiger partial charge in [-0.15, -0.1) is 0 Å². The predicted octanol–water partition coefficient (Wildman–Crippen LogP) is 2.24. The number of hydrogen-bond acceptors (Lipinski definition) is 3. The second-order valence-corrected chi connectivity index (χ2v) is 7.37. The van der Waals surface area contributed by atoms with Crippen LogP contribution in [-0.2, 0) is 29.2 Å². The molecule has 0 atom stereocenters. The first kappa shape index (κ1) is 15.7. The van der Waals surface area contributed by atoms with Gasteiger partial charge in [-0.2, -0.15) is 0 Å². The van der Waals surface area contributed by atoms with Crippen molar-refractivity contribution in [2.75, 3.05) is 6.54 Å². The van der Waals surface area contributed by atoms with Crippen LogP contribution < -0.4 is 4.72 Å². The molecule has 0 spiro atoms. The first-order chi connectivity index (χ1) is 11.0. The number of rotatable bonds is 6. The van der Waals surface area contributed by atoms with E-state index in [2.05, 4.69) is 9.71 Å². The van der Waals surface area contributed by atoms with Crippen molar-refractivity contribution in [3.8, 4) is 0 Å². The Bertz CT molecular complexity index is 902.